The van der Waals surface area contributed by atoms with E-state index in [2.05, 4.69) is 37.2 Å². The monoisotopic (exact) mass is 218 g/mol. The minimum Gasteiger partial charge on any atom is -0.377 e. The Balaban J connectivity index is 3.36. The van der Waals surface area contributed by atoms with E-state index in [0.29, 0.717) is 6.42 Å². The summed E-state index contributed by atoms with van der Waals surface area (Å²) >= 11 is 0. The maximum Gasteiger partial charge on any atom is 0.133 e. The van der Waals surface area contributed by atoms with Gasteiger partial charge in [0, 0.05) is 6.42 Å². The fourth-order valence-corrected chi connectivity index (χ4v) is 1.21. The van der Waals surface area contributed by atoms with Crippen LogP contribution in [0.25, 0.3) is 0 Å². The molecule has 0 radical (unpaired) electrons. The molecule has 0 aliphatic heterocycles. The normalized spacial score (nSPS) is 11.8. The van der Waals surface area contributed by atoms with Gasteiger partial charge in [0.1, 0.15) is 6.10 Å². The molecule has 0 aliphatic rings. The minimum absolute atomic E-state index is 0.688. The Morgan fingerprint density at radius 1 is 1.06 bits per heavy atom. The molecule has 1 N–H and O–H groups in total. The Morgan fingerprint density at radius 3 is 2.50 bits per heavy atom. The smallest absolute Gasteiger partial charge is 0.133 e. The predicted molar refractivity (Wildman–Crippen MR) is 71.0 cm³/mol. The van der Waals surface area contributed by atoms with Gasteiger partial charge < -0.3 is 5.11 Å². The molecule has 0 aromatic rings. The lowest BCUT2D eigenvalue weighted by Crippen LogP contribution is -1.94. The molecule has 0 rings (SSSR count). The summed E-state index contributed by atoms with van der Waals surface area (Å²) in [7, 11) is 0. The fourth-order valence-electron chi connectivity index (χ4n) is 1.21. The molecule has 1 heteroatoms. The van der Waals surface area contributed by atoms with Crippen LogP contribution >= 0.6 is 0 Å². The highest BCUT2D eigenvalue weighted by atomic mass is 16.3. The first-order valence-corrected chi connectivity index (χ1v) is 5.86. The molecule has 1 nitrogen and oxygen atoms in total. The van der Waals surface area contributed by atoms with Gasteiger partial charge in [0.2, 0.25) is 0 Å². The topological polar surface area (TPSA) is 20.2 Å². The van der Waals surface area contributed by atoms with Crippen LogP contribution in [0.1, 0.15) is 38.5 Å². The summed E-state index contributed by atoms with van der Waals surface area (Å²) in [5.74, 6) is 5.55. The van der Waals surface area contributed by atoms with Gasteiger partial charge in [-0.1, -0.05) is 49.1 Å². The molecule has 88 valence electrons. The molecule has 0 aliphatic carbocycles. The Labute approximate surface area is 99.6 Å². The molecule has 0 saturated heterocycles. The van der Waals surface area contributed by atoms with Gasteiger partial charge in [0.05, 0.1) is 0 Å². The first kappa shape index (κ1) is 14.7. The van der Waals surface area contributed by atoms with E-state index in [0.717, 1.165) is 12.8 Å². The average Bonchev–Trinajstić information content (AvgIpc) is 2.31. The Kier molecular flexibility index (Phi) is 10.9. The molecular formula is C15H22O. The van der Waals surface area contributed by atoms with Gasteiger partial charge in [-0.05, 0) is 25.7 Å². The van der Waals surface area contributed by atoms with Crippen LogP contribution < -0.4 is 0 Å². The quantitative estimate of drug-likeness (QED) is 0.375. The second-order valence-corrected chi connectivity index (χ2v) is 3.60. The van der Waals surface area contributed by atoms with Gasteiger partial charge in [-0.3, -0.25) is 0 Å². The number of unbranched alkanes of at least 4 members (excludes halogenated alkanes) is 4. The van der Waals surface area contributed by atoms with Crippen molar-refractivity contribution in [2.24, 2.45) is 0 Å². The molecule has 16 heavy (non-hydrogen) atoms. The predicted octanol–water partition coefficient (Wildman–Crippen LogP) is 3.62. The highest BCUT2D eigenvalue weighted by Gasteiger charge is 1.86. The van der Waals surface area contributed by atoms with E-state index in [1.165, 1.54) is 25.3 Å². The van der Waals surface area contributed by atoms with Crippen molar-refractivity contribution < 1.29 is 5.11 Å². The SMILES string of the molecule is C=CCCCCC/C=C\CC#C[C@@H](O)C=C. The highest BCUT2D eigenvalue weighted by Crippen LogP contribution is 2.03. The molecule has 0 fully saturated rings. The first-order valence-electron chi connectivity index (χ1n) is 5.86. The van der Waals surface area contributed by atoms with E-state index in [-0.39, 0.29) is 0 Å². The highest BCUT2D eigenvalue weighted by molar-refractivity contribution is 5.12. The standard InChI is InChI=1S/C15H22O/c1-3-5-6-7-8-9-10-11-12-13-14-15(16)4-2/h3-4,10-11,15-16H,1-2,5-9,12H2/b11-10-/t15-/m0/s1. The molecule has 0 saturated carbocycles. The van der Waals surface area contributed by atoms with Crippen LogP contribution in [0.15, 0.2) is 37.5 Å². The molecule has 0 heterocycles. The second kappa shape index (κ2) is 11.8. The zero-order valence-electron chi connectivity index (χ0n) is 9.99. The van der Waals surface area contributed by atoms with Crippen LogP contribution in [0.2, 0.25) is 0 Å². The van der Waals surface area contributed by atoms with Crippen molar-refractivity contribution in [2.75, 3.05) is 0 Å². The van der Waals surface area contributed by atoms with Crippen molar-refractivity contribution >= 4 is 0 Å². The molecular weight excluding hydrogens is 196 g/mol. The Morgan fingerprint density at radius 2 is 1.81 bits per heavy atom. The van der Waals surface area contributed by atoms with E-state index in [1.54, 1.807) is 0 Å². The van der Waals surface area contributed by atoms with Gasteiger partial charge in [0.25, 0.3) is 0 Å². The maximum absolute atomic E-state index is 9.06. The van der Waals surface area contributed by atoms with E-state index >= 15 is 0 Å². The summed E-state index contributed by atoms with van der Waals surface area (Å²) in [5.41, 5.74) is 0. The third-order valence-electron chi connectivity index (χ3n) is 2.14. The van der Waals surface area contributed by atoms with E-state index in [9.17, 15) is 0 Å². The lowest BCUT2D eigenvalue weighted by atomic mass is 10.1. The fraction of sp³-hybridized carbons (Fsp3) is 0.467. The summed E-state index contributed by atoms with van der Waals surface area (Å²) in [5, 5.41) is 9.06. The zero-order chi connectivity index (χ0) is 12.1. The third-order valence-corrected chi connectivity index (χ3v) is 2.14. The van der Waals surface area contributed by atoms with Crippen LogP contribution in [0.3, 0.4) is 0 Å². The van der Waals surface area contributed by atoms with E-state index in [4.69, 9.17) is 5.11 Å². The van der Waals surface area contributed by atoms with Crippen molar-refractivity contribution in [3.05, 3.63) is 37.5 Å². The van der Waals surface area contributed by atoms with Crippen LogP contribution in [0.4, 0.5) is 0 Å². The maximum atomic E-state index is 9.06. The van der Waals surface area contributed by atoms with Crippen LogP contribution in [0, 0.1) is 11.8 Å². The van der Waals surface area contributed by atoms with E-state index < -0.39 is 6.10 Å². The van der Waals surface area contributed by atoms with Gasteiger partial charge >= 0.3 is 0 Å². The van der Waals surface area contributed by atoms with Gasteiger partial charge in [-0.2, -0.15) is 0 Å². The van der Waals surface area contributed by atoms with Gasteiger partial charge in [0.15, 0.2) is 0 Å². The molecule has 0 amide bonds. The van der Waals surface area contributed by atoms with Crippen molar-refractivity contribution in [1.82, 2.24) is 0 Å². The second-order valence-electron chi connectivity index (χ2n) is 3.60. The molecule has 0 aromatic heterocycles. The van der Waals surface area contributed by atoms with Crippen LogP contribution in [-0.2, 0) is 0 Å². The average molecular weight is 218 g/mol. The molecule has 1 atom stereocenters. The number of hydrogen-bond acceptors (Lipinski definition) is 1. The largest absolute Gasteiger partial charge is 0.377 e. The van der Waals surface area contributed by atoms with Crippen molar-refractivity contribution in [3.63, 3.8) is 0 Å². The third kappa shape index (κ3) is 10.8. The van der Waals surface area contributed by atoms with Crippen LogP contribution in [0.5, 0.6) is 0 Å². The number of rotatable bonds is 8. The lowest BCUT2D eigenvalue weighted by Gasteiger charge is -1.94. The van der Waals surface area contributed by atoms with E-state index in [1.807, 2.05) is 6.08 Å². The Bertz CT molecular complexity index is 265. The minimum atomic E-state index is -0.688. The molecule has 0 spiro atoms. The summed E-state index contributed by atoms with van der Waals surface area (Å²) in [6, 6.07) is 0. The summed E-state index contributed by atoms with van der Waals surface area (Å²) < 4.78 is 0. The first-order chi connectivity index (χ1) is 7.81. The van der Waals surface area contributed by atoms with Crippen LogP contribution in [-0.4, -0.2) is 11.2 Å². The number of aliphatic hydroxyl groups is 1. The number of allylic oxidation sites excluding steroid dienone is 3. The zero-order valence-corrected chi connectivity index (χ0v) is 9.99. The van der Waals surface area contributed by atoms with Gasteiger partial charge in [-0.15, -0.1) is 6.58 Å². The molecule has 0 aromatic carbocycles. The summed E-state index contributed by atoms with van der Waals surface area (Å²) in [6.45, 7) is 7.14. The lowest BCUT2D eigenvalue weighted by molar-refractivity contribution is 0.281. The summed E-state index contributed by atoms with van der Waals surface area (Å²) in [4.78, 5) is 0. The number of hydrogen-bond donors (Lipinski definition) is 1. The van der Waals surface area contributed by atoms with Crippen molar-refractivity contribution in [1.29, 1.82) is 0 Å². The Hall–Kier alpha value is -1.26. The summed E-state index contributed by atoms with van der Waals surface area (Å²) in [6.07, 6.45) is 13.6. The van der Waals surface area contributed by atoms with Crippen molar-refractivity contribution in [3.8, 4) is 11.8 Å². The molecule has 0 bridgehead atoms. The number of aliphatic hydroxyl groups excluding tert-OH is 1. The molecule has 0 unspecified atom stereocenters. The van der Waals surface area contributed by atoms with Crippen molar-refractivity contribution in [2.45, 2.75) is 44.6 Å². The van der Waals surface area contributed by atoms with Gasteiger partial charge in [-0.25, -0.2) is 0 Å².